The second kappa shape index (κ2) is 8.98. The minimum absolute atomic E-state index is 0.0404. The van der Waals surface area contributed by atoms with Crippen LogP contribution in [0.4, 0.5) is 10.1 Å². The number of nitrogens with two attached hydrogens (primary N) is 1. The van der Waals surface area contributed by atoms with Gasteiger partial charge in [0.1, 0.15) is 6.07 Å². The molecule has 6 rings (SSSR count). The van der Waals surface area contributed by atoms with Crippen LogP contribution in [0.1, 0.15) is 48.4 Å². The Morgan fingerprint density at radius 2 is 2.03 bits per heavy atom. The van der Waals surface area contributed by atoms with Crippen LogP contribution >= 0.6 is 11.6 Å². The van der Waals surface area contributed by atoms with Crippen molar-refractivity contribution in [3.63, 3.8) is 0 Å². The number of nitrogens with one attached hydrogen (secondary N) is 1. The third kappa shape index (κ3) is 3.79. The lowest BCUT2D eigenvalue weighted by Crippen LogP contribution is -2.19. The Morgan fingerprint density at radius 3 is 2.70 bits per heavy atom. The standard InChI is InChI=1S/C27H25ClFN7O/c1-35-26(24-18(11-30)22(10-20(28)25(24)29)36-6-2-3-7-36)19(13-32-35)15-8-16(14-4-5-14)23-17(9-15)21(12-31)33-34-27(23)37/h8-10,13-14H,2-7,12,31H2,1H3,(H,34,37). The summed E-state index contributed by atoms with van der Waals surface area (Å²) in [6.07, 6.45) is 5.64. The van der Waals surface area contributed by atoms with Crippen LogP contribution in [0.15, 0.2) is 29.2 Å². The minimum atomic E-state index is -0.657. The van der Waals surface area contributed by atoms with E-state index in [9.17, 15) is 10.1 Å². The maximum Gasteiger partial charge on any atom is 0.272 e. The fourth-order valence-corrected chi connectivity index (χ4v) is 5.71. The first-order valence-corrected chi connectivity index (χ1v) is 12.8. The number of halogens is 2. The Labute approximate surface area is 217 Å². The number of nitriles is 1. The van der Waals surface area contributed by atoms with Crippen molar-refractivity contribution in [3.8, 4) is 28.5 Å². The summed E-state index contributed by atoms with van der Waals surface area (Å²) < 4.78 is 17.4. The van der Waals surface area contributed by atoms with Gasteiger partial charge in [0.2, 0.25) is 0 Å². The molecule has 0 atom stereocenters. The van der Waals surface area contributed by atoms with Crippen molar-refractivity contribution in [2.45, 2.75) is 38.1 Å². The Morgan fingerprint density at radius 1 is 1.27 bits per heavy atom. The lowest BCUT2D eigenvalue weighted by atomic mass is 9.92. The van der Waals surface area contributed by atoms with E-state index in [-0.39, 0.29) is 34.2 Å². The fourth-order valence-electron chi connectivity index (χ4n) is 5.51. The topological polar surface area (TPSA) is 117 Å². The van der Waals surface area contributed by atoms with Crippen LogP contribution in [-0.4, -0.2) is 33.1 Å². The third-order valence-electron chi connectivity index (χ3n) is 7.45. The molecular formula is C27H25ClFN7O. The van der Waals surface area contributed by atoms with E-state index in [1.54, 1.807) is 24.0 Å². The molecule has 1 aliphatic carbocycles. The number of hydrogen-bond donors (Lipinski definition) is 2. The van der Waals surface area contributed by atoms with Gasteiger partial charge in [-0.05, 0) is 60.9 Å². The van der Waals surface area contributed by atoms with E-state index in [1.807, 2.05) is 12.1 Å². The monoisotopic (exact) mass is 517 g/mol. The molecule has 1 saturated carbocycles. The van der Waals surface area contributed by atoms with Crippen molar-refractivity contribution in [1.29, 1.82) is 5.26 Å². The zero-order chi connectivity index (χ0) is 25.8. The molecule has 1 saturated heterocycles. The molecule has 8 nitrogen and oxygen atoms in total. The van der Waals surface area contributed by atoms with E-state index < -0.39 is 5.82 Å². The van der Waals surface area contributed by atoms with Crippen LogP contribution in [0, 0.1) is 17.1 Å². The maximum absolute atomic E-state index is 15.8. The summed E-state index contributed by atoms with van der Waals surface area (Å²) in [5.41, 5.74) is 10.0. The Kier molecular flexibility index (Phi) is 5.74. The largest absolute Gasteiger partial charge is 0.370 e. The molecular weight excluding hydrogens is 493 g/mol. The van der Waals surface area contributed by atoms with Gasteiger partial charge >= 0.3 is 0 Å². The van der Waals surface area contributed by atoms with Crippen molar-refractivity contribution in [2.75, 3.05) is 18.0 Å². The Balaban J connectivity index is 1.64. The van der Waals surface area contributed by atoms with E-state index in [4.69, 9.17) is 17.3 Å². The molecule has 0 bridgehead atoms. The van der Waals surface area contributed by atoms with Crippen molar-refractivity contribution in [3.05, 3.63) is 62.4 Å². The van der Waals surface area contributed by atoms with Gasteiger partial charge < -0.3 is 10.6 Å². The zero-order valence-electron chi connectivity index (χ0n) is 20.3. The summed E-state index contributed by atoms with van der Waals surface area (Å²) in [4.78, 5) is 14.9. The molecule has 3 N–H and O–H groups in total. The third-order valence-corrected chi connectivity index (χ3v) is 7.73. The first-order chi connectivity index (χ1) is 17.9. The average Bonchev–Trinajstić information content (AvgIpc) is 3.46. The highest BCUT2D eigenvalue weighted by Crippen LogP contribution is 2.46. The van der Waals surface area contributed by atoms with Crippen molar-refractivity contribution in [2.24, 2.45) is 12.8 Å². The molecule has 188 valence electrons. The fraction of sp³-hybridized carbons (Fsp3) is 0.333. The quantitative estimate of drug-likeness (QED) is 0.400. The number of hydrogen-bond acceptors (Lipinski definition) is 6. The number of benzene rings is 2. The van der Waals surface area contributed by atoms with E-state index >= 15 is 4.39 Å². The molecule has 37 heavy (non-hydrogen) atoms. The van der Waals surface area contributed by atoms with E-state index in [1.165, 1.54) is 0 Å². The number of aryl methyl sites for hydroxylation is 1. The molecule has 0 radical (unpaired) electrons. The van der Waals surface area contributed by atoms with Crippen LogP contribution in [0.2, 0.25) is 5.02 Å². The molecule has 2 aromatic carbocycles. The second-order valence-corrected chi connectivity index (χ2v) is 10.2. The zero-order valence-corrected chi connectivity index (χ0v) is 21.1. The summed E-state index contributed by atoms with van der Waals surface area (Å²) in [6.45, 7) is 1.72. The number of rotatable bonds is 5. The Bertz CT molecular complexity index is 1660. The van der Waals surface area contributed by atoms with Crippen molar-refractivity contribution < 1.29 is 4.39 Å². The van der Waals surface area contributed by atoms with Crippen LogP contribution in [-0.2, 0) is 13.6 Å². The number of aromatic amines is 1. The molecule has 3 heterocycles. The smallest absolute Gasteiger partial charge is 0.272 e. The van der Waals surface area contributed by atoms with E-state index in [0.717, 1.165) is 49.9 Å². The lowest BCUT2D eigenvalue weighted by Gasteiger charge is -2.22. The highest BCUT2D eigenvalue weighted by atomic mass is 35.5. The molecule has 10 heteroatoms. The van der Waals surface area contributed by atoms with Gasteiger partial charge in [0.25, 0.3) is 5.56 Å². The van der Waals surface area contributed by atoms with Gasteiger partial charge in [0.05, 0.1) is 44.8 Å². The summed E-state index contributed by atoms with van der Waals surface area (Å²) in [7, 11) is 1.72. The normalized spacial score (nSPS) is 15.5. The first-order valence-electron chi connectivity index (χ1n) is 12.4. The van der Waals surface area contributed by atoms with Crippen LogP contribution in [0.25, 0.3) is 33.2 Å². The Hall–Kier alpha value is -3.74. The van der Waals surface area contributed by atoms with Gasteiger partial charge in [-0.3, -0.25) is 9.48 Å². The number of anilines is 1. The molecule has 2 fully saturated rings. The van der Waals surface area contributed by atoms with Gasteiger partial charge in [-0.15, -0.1) is 0 Å². The molecule has 2 aromatic heterocycles. The van der Waals surface area contributed by atoms with Crippen LogP contribution < -0.4 is 16.2 Å². The summed E-state index contributed by atoms with van der Waals surface area (Å²) in [6, 6.07) is 7.63. The van der Waals surface area contributed by atoms with E-state index in [2.05, 4.69) is 26.3 Å². The van der Waals surface area contributed by atoms with Gasteiger partial charge in [-0.25, -0.2) is 9.49 Å². The minimum Gasteiger partial charge on any atom is -0.370 e. The molecule has 0 amide bonds. The summed E-state index contributed by atoms with van der Waals surface area (Å²) in [5, 5.41) is 22.6. The maximum atomic E-state index is 15.8. The predicted molar refractivity (Wildman–Crippen MR) is 141 cm³/mol. The van der Waals surface area contributed by atoms with Crippen LogP contribution in [0.3, 0.4) is 0 Å². The highest BCUT2D eigenvalue weighted by Gasteiger charge is 2.31. The van der Waals surface area contributed by atoms with E-state index in [0.29, 0.717) is 33.4 Å². The van der Waals surface area contributed by atoms with Crippen molar-refractivity contribution in [1.82, 2.24) is 20.0 Å². The first kappa shape index (κ1) is 23.6. The SMILES string of the molecule is Cn1ncc(-c2cc(C3CC3)c3c(=O)[nH]nc(CN)c3c2)c1-c1c(F)c(Cl)cc(N2CCCC2)c1C#N. The molecule has 1 aliphatic heterocycles. The lowest BCUT2D eigenvalue weighted by molar-refractivity contribution is 0.628. The molecule has 4 aromatic rings. The number of nitrogens with zero attached hydrogens (tertiary/aromatic N) is 5. The second-order valence-electron chi connectivity index (χ2n) is 9.74. The van der Waals surface area contributed by atoms with Crippen LogP contribution in [0.5, 0.6) is 0 Å². The molecule has 0 unspecified atom stereocenters. The average molecular weight is 518 g/mol. The number of H-pyrrole nitrogens is 1. The van der Waals surface area contributed by atoms with Gasteiger partial charge in [0, 0.05) is 37.6 Å². The summed E-state index contributed by atoms with van der Waals surface area (Å²) >= 11 is 6.40. The number of aromatic nitrogens is 4. The predicted octanol–water partition coefficient (Wildman–Crippen LogP) is 4.59. The molecule has 2 aliphatic rings. The van der Waals surface area contributed by atoms with Gasteiger partial charge in [0.15, 0.2) is 5.82 Å². The summed E-state index contributed by atoms with van der Waals surface area (Å²) in [5.74, 6) is -0.397. The molecule has 0 spiro atoms. The number of fused-ring (bicyclic) bond motifs is 1. The van der Waals surface area contributed by atoms with Gasteiger partial charge in [-0.1, -0.05) is 11.6 Å². The van der Waals surface area contributed by atoms with Gasteiger partial charge in [-0.2, -0.15) is 15.5 Å². The van der Waals surface area contributed by atoms with Crippen molar-refractivity contribution >= 4 is 28.1 Å². The highest BCUT2D eigenvalue weighted by molar-refractivity contribution is 6.31.